The molecule has 0 bridgehead atoms. The Labute approximate surface area is 211 Å². The zero-order valence-electron chi connectivity index (χ0n) is 20.3. The summed E-state index contributed by atoms with van der Waals surface area (Å²) in [5, 5.41) is 0.708. The molecule has 0 fully saturated rings. The smallest absolute Gasteiger partial charge is 0.264 e. The second kappa shape index (κ2) is 11.2. The fourth-order valence-electron chi connectivity index (χ4n) is 3.89. The van der Waals surface area contributed by atoms with Crippen LogP contribution < -0.4 is 9.46 Å². The first-order chi connectivity index (χ1) is 17.4. The number of benzene rings is 3. The molecule has 4 rings (SSSR count). The molecule has 0 saturated carbocycles. The van der Waals surface area contributed by atoms with Crippen LogP contribution in [0.25, 0.3) is 10.9 Å². The number of nitrogens with zero attached hydrogens (tertiary/aromatic N) is 2. The Balaban J connectivity index is 1.72. The van der Waals surface area contributed by atoms with Crippen molar-refractivity contribution in [1.29, 1.82) is 0 Å². The minimum Gasteiger partial charge on any atom is -0.494 e. The maximum atomic E-state index is 13.7. The minimum atomic E-state index is -4.04. The lowest BCUT2D eigenvalue weighted by Crippen LogP contribution is -2.31. The first-order valence-corrected chi connectivity index (χ1v) is 13.4. The molecule has 4 aromatic rings. The molecule has 0 unspecified atom stereocenters. The van der Waals surface area contributed by atoms with Gasteiger partial charge < -0.3 is 9.64 Å². The summed E-state index contributed by atoms with van der Waals surface area (Å²) in [6.07, 6.45) is 2.36. The van der Waals surface area contributed by atoms with Crippen LogP contribution in [0, 0.1) is 0 Å². The van der Waals surface area contributed by atoms with Gasteiger partial charge in [-0.1, -0.05) is 55.5 Å². The second-order valence-corrected chi connectivity index (χ2v) is 9.95. The standard InChI is InChI=1S/C28H29N3O4S/c1-3-18-35-23-15-16-25(24(19-23)28(32)31(4-2)20-21-10-6-5-7-11-21)30-36(33,34)26-14-8-12-22-13-9-17-29-27(22)26/h5-17,19,30H,3-4,18,20H2,1-2H3. The predicted molar refractivity (Wildman–Crippen MR) is 142 cm³/mol. The number of fused-ring (bicyclic) bond motifs is 1. The Kier molecular flexibility index (Phi) is 7.85. The number of ether oxygens (including phenoxy) is 1. The molecule has 0 aliphatic heterocycles. The SMILES string of the molecule is CCCOc1ccc(NS(=O)(=O)c2cccc3cccnc23)c(C(=O)N(CC)Cc2ccccc2)c1. The Morgan fingerprint density at radius 2 is 1.75 bits per heavy atom. The highest BCUT2D eigenvalue weighted by molar-refractivity contribution is 7.93. The summed E-state index contributed by atoms with van der Waals surface area (Å²) in [4.78, 5) is 19.7. The van der Waals surface area contributed by atoms with Crippen molar-refractivity contribution in [1.82, 2.24) is 9.88 Å². The first kappa shape index (κ1) is 25.2. The molecule has 8 heteroatoms. The Morgan fingerprint density at radius 1 is 0.972 bits per heavy atom. The number of aromatic nitrogens is 1. The molecule has 1 aromatic heterocycles. The summed E-state index contributed by atoms with van der Waals surface area (Å²) >= 11 is 0. The van der Waals surface area contributed by atoms with E-state index in [1.807, 2.05) is 44.2 Å². The number of hydrogen-bond donors (Lipinski definition) is 1. The summed E-state index contributed by atoms with van der Waals surface area (Å²) in [5.41, 5.74) is 1.75. The fraction of sp³-hybridized carbons (Fsp3) is 0.214. The van der Waals surface area contributed by atoms with Crippen LogP contribution in [0.5, 0.6) is 5.75 Å². The number of pyridine rings is 1. The molecule has 7 nitrogen and oxygen atoms in total. The third-order valence-corrected chi connectivity index (χ3v) is 7.11. The van der Waals surface area contributed by atoms with Crippen LogP contribution in [-0.2, 0) is 16.6 Å². The van der Waals surface area contributed by atoms with E-state index in [4.69, 9.17) is 4.74 Å². The summed E-state index contributed by atoms with van der Waals surface area (Å²) < 4.78 is 35.3. The number of carbonyl (C=O) groups excluding carboxylic acids is 1. The van der Waals surface area contributed by atoms with Crippen LogP contribution in [0.2, 0.25) is 0 Å². The molecule has 186 valence electrons. The van der Waals surface area contributed by atoms with Gasteiger partial charge in [0.15, 0.2) is 0 Å². The van der Waals surface area contributed by atoms with Crippen LogP contribution in [-0.4, -0.2) is 37.4 Å². The van der Waals surface area contributed by atoms with E-state index >= 15 is 0 Å². The number of rotatable bonds is 10. The van der Waals surface area contributed by atoms with E-state index in [0.717, 1.165) is 12.0 Å². The van der Waals surface area contributed by atoms with E-state index in [1.54, 1.807) is 53.6 Å². The van der Waals surface area contributed by atoms with Gasteiger partial charge in [0.1, 0.15) is 10.6 Å². The quantitative estimate of drug-likeness (QED) is 0.309. The molecule has 0 saturated heterocycles. The zero-order chi connectivity index (χ0) is 25.5. The average Bonchev–Trinajstić information content (AvgIpc) is 2.90. The van der Waals surface area contributed by atoms with Gasteiger partial charge in [-0.3, -0.25) is 14.5 Å². The van der Waals surface area contributed by atoms with Crippen molar-refractivity contribution in [2.45, 2.75) is 31.7 Å². The highest BCUT2D eigenvalue weighted by Gasteiger charge is 2.24. The normalized spacial score (nSPS) is 11.3. The Morgan fingerprint density at radius 3 is 2.50 bits per heavy atom. The maximum absolute atomic E-state index is 13.7. The van der Waals surface area contributed by atoms with Crippen molar-refractivity contribution in [2.24, 2.45) is 0 Å². The third kappa shape index (κ3) is 5.66. The van der Waals surface area contributed by atoms with Gasteiger partial charge in [-0.2, -0.15) is 0 Å². The molecular formula is C28H29N3O4S. The molecule has 36 heavy (non-hydrogen) atoms. The molecule has 1 heterocycles. The van der Waals surface area contributed by atoms with E-state index in [9.17, 15) is 13.2 Å². The van der Waals surface area contributed by atoms with Gasteiger partial charge in [0.05, 0.1) is 23.4 Å². The fourth-order valence-corrected chi connectivity index (χ4v) is 5.15. The molecule has 0 aliphatic carbocycles. The number of nitrogens with one attached hydrogen (secondary N) is 1. The third-order valence-electron chi connectivity index (χ3n) is 5.71. The van der Waals surface area contributed by atoms with Gasteiger partial charge in [-0.15, -0.1) is 0 Å². The number of para-hydroxylation sites is 1. The van der Waals surface area contributed by atoms with Gasteiger partial charge in [0.25, 0.3) is 15.9 Å². The molecule has 0 radical (unpaired) electrons. The molecule has 1 amide bonds. The highest BCUT2D eigenvalue weighted by atomic mass is 32.2. The van der Waals surface area contributed by atoms with Gasteiger partial charge in [-0.05, 0) is 49.2 Å². The predicted octanol–water partition coefficient (Wildman–Crippen LogP) is 5.49. The minimum absolute atomic E-state index is 0.0435. The van der Waals surface area contributed by atoms with Crippen molar-refractivity contribution in [3.05, 3.63) is 96.2 Å². The number of hydrogen-bond acceptors (Lipinski definition) is 5. The summed E-state index contributed by atoms with van der Waals surface area (Å²) in [7, 11) is -4.04. The topological polar surface area (TPSA) is 88.6 Å². The molecular weight excluding hydrogens is 474 g/mol. The van der Waals surface area contributed by atoms with Crippen LogP contribution in [0.3, 0.4) is 0 Å². The van der Waals surface area contributed by atoms with E-state index < -0.39 is 10.0 Å². The Hall–Kier alpha value is -3.91. The van der Waals surface area contributed by atoms with Crippen molar-refractivity contribution in [3.8, 4) is 5.75 Å². The summed E-state index contributed by atoms with van der Waals surface area (Å²) in [5.74, 6) is 0.211. The lowest BCUT2D eigenvalue weighted by atomic mass is 10.1. The maximum Gasteiger partial charge on any atom is 0.264 e. The van der Waals surface area contributed by atoms with Crippen LogP contribution in [0.15, 0.2) is 90.0 Å². The van der Waals surface area contributed by atoms with Crippen molar-refractivity contribution < 1.29 is 17.9 Å². The summed E-state index contributed by atoms with van der Waals surface area (Å²) in [6, 6.07) is 23.1. The van der Waals surface area contributed by atoms with Gasteiger partial charge in [0, 0.05) is 24.7 Å². The average molecular weight is 504 g/mol. The van der Waals surface area contributed by atoms with Crippen molar-refractivity contribution >= 4 is 32.5 Å². The number of anilines is 1. The van der Waals surface area contributed by atoms with E-state index in [-0.39, 0.29) is 22.1 Å². The number of amides is 1. The molecule has 0 aliphatic rings. The lowest BCUT2D eigenvalue weighted by Gasteiger charge is -2.23. The van der Waals surface area contributed by atoms with E-state index in [0.29, 0.717) is 36.3 Å². The number of carbonyl (C=O) groups is 1. The molecule has 1 N–H and O–H groups in total. The second-order valence-electron chi connectivity index (χ2n) is 8.30. The largest absolute Gasteiger partial charge is 0.494 e. The number of sulfonamides is 1. The highest BCUT2D eigenvalue weighted by Crippen LogP contribution is 2.29. The van der Waals surface area contributed by atoms with E-state index in [2.05, 4.69) is 9.71 Å². The van der Waals surface area contributed by atoms with Crippen LogP contribution in [0.4, 0.5) is 5.69 Å². The van der Waals surface area contributed by atoms with Gasteiger partial charge >= 0.3 is 0 Å². The molecule has 3 aromatic carbocycles. The van der Waals surface area contributed by atoms with Crippen molar-refractivity contribution in [3.63, 3.8) is 0 Å². The Bertz CT molecular complexity index is 1450. The van der Waals surface area contributed by atoms with Crippen LogP contribution in [0.1, 0.15) is 36.2 Å². The van der Waals surface area contributed by atoms with E-state index in [1.165, 1.54) is 6.07 Å². The monoisotopic (exact) mass is 503 g/mol. The van der Waals surface area contributed by atoms with Crippen molar-refractivity contribution in [2.75, 3.05) is 17.9 Å². The van der Waals surface area contributed by atoms with Gasteiger partial charge in [0.2, 0.25) is 0 Å². The van der Waals surface area contributed by atoms with Gasteiger partial charge in [-0.25, -0.2) is 8.42 Å². The van der Waals surface area contributed by atoms with Crippen LogP contribution >= 0.6 is 0 Å². The summed E-state index contributed by atoms with van der Waals surface area (Å²) in [6.45, 7) is 5.22. The molecule has 0 spiro atoms. The first-order valence-electron chi connectivity index (χ1n) is 11.9. The molecule has 0 atom stereocenters. The lowest BCUT2D eigenvalue weighted by molar-refractivity contribution is 0.0753. The zero-order valence-corrected chi connectivity index (χ0v) is 21.2.